The minimum atomic E-state index is -0.842. The third-order valence-corrected chi connectivity index (χ3v) is 3.47. The number of carboxylic acids is 1. The first-order valence-corrected chi connectivity index (χ1v) is 6.77. The Labute approximate surface area is 114 Å². The van der Waals surface area contributed by atoms with E-state index in [1.54, 1.807) is 0 Å². The second kappa shape index (κ2) is 6.75. The summed E-state index contributed by atoms with van der Waals surface area (Å²) < 4.78 is 0. The van der Waals surface area contributed by atoms with Gasteiger partial charge in [-0.3, -0.25) is 4.79 Å². The summed E-state index contributed by atoms with van der Waals surface area (Å²) in [6, 6.07) is 0.0106. The lowest BCUT2D eigenvalue weighted by molar-refractivity contribution is -0.137. The van der Waals surface area contributed by atoms with Crippen LogP contribution in [0.2, 0.25) is 0 Å². The molecule has 0 aromatic rings. The Kier molecular flexibility index (Phi) is 5.60. The molecular weight excluding hydrogens is 246 g/mol. The molecule has 0 saturated carbocycles. The number of carbonyl (C=O) groups excluding carboxylic acids is 1. The van der Waals surface area contributed by atoms with Gasteiger partial charge in [-0.05, 0) is 53.2 Å². The van der Waals surface area contributed by atoms with Crippen LogP contribution >= 0.6 is 0 Å². The fourth-order valence-corrected chi connectivity index (χ4v) is 2.16. The van der Waals surface area contributed by atoms with Gasteiger partial charge in [-0.15, -0.1) is 0 Å². The Hall–Kier alpha value is -1.30. The molecule has 1 aliphatic heterocycles. The van der Waals surface area contributed by atoms with E-state index in [1.807, 2.05) is 13.8 Å². The fourth-order valence-electron chi connectivity index (χ4n) is 2.16. The van der Waals surface area contributed by atoms with Crippen molar-refractivity contribution in [3.8, 4) is 0 Å². The Morgan fingerprint density at radius 3 is 2.42 bits per heavy atom. The molecule has 1 fully saturated rings. The van der Waals surface area contributed by atoms with Crippen LogP contribution in [-0.2, 0) is 4.79 Å². The van der Waals surface area contributed by atoms with E-state index in [0.717, 1.165) is 25.9 Å². The average molecular weight is 271 g/mol. The summed E-state index contributed by atoms with van der Waals surface area (Å²) in [7, 11) is 2.07. The number of amides is 2. The third-order valence-electron chi connectivity index (χ3n) is 3.47. The summed E-state index contributed by atoms with van der Waals surface area (Å²) in [6.45, 7) is 5.66. The van der Waals surface area contributed by atoms with Crippen LogP contribution in [0, 0.1) is 0 Å². The predicted molar refractivity (Wildman–Crippen MR) is 73.1 cm³/mol. The zero-order chi connectivity index (χ0) is 14.5. The van der Waals surface area contributed by atoms with Crippen molar-refractivity contribution in [2.45, 2.75) is 51.1 Å². The van der Waals surface area contributed by atoms with E-state index >= 15 is 0 Å². The molecule has 0 bridgehead atoms. The molecule has 2 amide bonds. The fraction of sp³-hybridized carbons (Fsp3) is 0.846. The lowest BCUT2D eigenvalue weighted by atomic mass is 9.98. The van der Waals surface area contributed by atoms with E-state index in [9.17, 15) is 9.59 Å². The van der Waals surface area contributed by atoms with E-state index < -0.39 is 11.5 Å². The third kappa shape index (κ3) is 6.42. The maximum Gasteiger partial charge on any atom is 0.315 e. The molecule has 6 heteroatoms. The molecule has 19 heavy (non-hydrogen) atoms. The Morgan fingerprint density at radius 1 is 1.32 bits per heavy atom. The van der Waals surface area contributed by atoms with Crippen molar-refractivity contribution in [3.05, 3.63) is 0 Å². The maximum atomic E-state index is 11.9. The number of hydrogen-bond acceptors (Lipinski definition) is 3. The first-order chi connectivity index (χ1) is 8.78. The van der Waals surface area contributed by atoms with Gasteiger partial charge in [0.05, 0.1) is 0 Å². The number of likely N-dealkylation sites (tertiary alicyclic amines) is 1. The maximum absolute atomic E-state index is 11.9. The van der Waals surface area contributed by atoms with Crippen molar-refractivity contribution < 1.29 is 14.7 Å². The highest BCUT2D eigenvalue weighted by Gasteiger charge is 2.24. The molecule has 0 aromatic carbocycles. The van der Waals surface area contributed by atoms with Crippen LogP contribution in [0.5, 0.6) is 0 Å². The smallest absolute Gasteiger partial charge is 0.315 e. The first kappa shape index (κ1) is 15.8. The van der Waals surface area contributed by atoms with Crippen LogP contribution in [0.3, 0.4) is 0 Å². The van der Waals surface area contributed by atoms with Crippen molar-refractivity contribution in [3.63, 3.8) is 0 Å². The number of aliphatic carboxylic acids is 1. The number of rotatable bonds is 5. The highest BCUT2D eigenvalue weighted by atomic mass is 16.4. The second-order valence-electron chi connectivity index (χ2n) is 5.95. The van der Waals surface area contributed by atoms with Crippen LogP contribution in [0.4, 0.5) is 4.79 Å². The van der Waals surface area contributed by atoms with Gasteiger partial charge in [-0.25, -0.2) is 4.79 Å². The lowest BCUT2D eigenvalue weighted by Crippen LogP contribution is -2.53. The molecule has 0 radical (unpaired) electrons. The second-order valence-corrected chi connectivity index (χ2v) is 5.95. The van der Waals surface area contributed by atoms with Crippen LogP contribution in [0.1, 0.15) is 39.5 Å². The standard InChI is InChI=1S/C13H25N3O3/c1-13(2,7-4-11(17)18)15-12(19)14-10-5-8-16(3)9-6-10/h10H,4-9H2,1-3H3,(H,17,18)(H2,14,15,19). The van der Waals surface area contributed by atoms with E-state index in [4.69, 9.17) is 5.11 Å². The molecule has 1 saturated heterocycles. The average Bonchev–Trinajstić information content (AvgIpc) is 2.29. The number of carboxylic acid groups (broad SMARTS) is 1. The van der Waals surface area contributed by atoms with Gasteiger partial charge in [0.2, 0.25) is 0 Å². The highest BCUT2D eigenvalue weighted by molar-refractivity contribution is 5.75. The zero-order valence-electron chi connectivity index (χ0n) is 12.0. The van der Waals surface area contributed by atoms with Crippen molar-refractivity contribution in [1.29, 1.82) is 0 Å². The summed E-state index contributed by atoms with van der Waals surface area (Å²) in [5, 5.41) is 14.5. The molecule has 0 spiro atoms. The van der Waals surface area contributed by atoms with Crippen molar-refractivity contribution in [2.24, 2.45) is 0 Å². The Morgan fingerprint density at radius 2 is 1.89 bits per heavy atom. The van der Waals surface area contributed by atoms with Gasteiger partial charge in [0.25, 0.3) is 0 Å². The quantitative estimate of drug-likeness (QED) is 0.697. The van der Waals surface area contributed by atoms with E-state index in [2.05, 4.69) is 22.6 Å². The van der Waals surface area contributed by atoms with Crippen molar-refractivity contribution in [2.75, 3.05) is 20.1 Å². The van der Waals surface area contributed by atoms with Crippen molar-refractivity contribution in [1.82, 2.24) is 15.5 Å². The molecule has 110 valence electrons. The minimum Gasteiger partial charge on any atom is -0.481 e. The molecule has 0 atom stereocenters. The molecule has 0 unspecified atom stereocenters. The van der Waals surface area contributed by atoms with Gasteiger partial charge >= 0.3 is 12.0 Å². The first-order valence-electron chi connectivity index (χ1n) is 6.77. The van der Waals surface area contributed by atoms with Crippen molar-refractivity contribution >= 4 is 12.0 Å². The molecule has 0 aliphatic carbocycles. The van der Waals surface area contributed by atoms with Crippen LogP contribution in [0.25, 0.3) is 0 Å². The normalized spacial score (nSPS) is 18.1. The molecule has 1 heterocycles. The predicted octanol–water partition coefficient (Wildman–Crippen LogP) is 1.02. The summed E-state index contributed by atoms with van der Waals surface area (Å²) in [4.78, 5) is 24.7. The molecule has 1 aliphatic rings. The molecular formula is C13H25N3O3. The van der Waals surface area contributed by atoms with Gasteiger partial charge < -0.3 is 20.6 Å². The highest BCUT2D eigenvalue weighted by Crippen LogP contribution is 2.12. The number of urea groups is 1. The van der Waals surface area contributed by atoms with Crippen LogP contribution in [0.15, 0.2) is 0 Å². The monoisotopic (exact) mass is 271 g/mol. The summed E-state index contributed by atoms with van der Waals surface area (Å²) in [5.74, 6) is -0.842. The SMILES string of the molecule is CN1CCC(NC(=O)NC(C)(C)CCC(=O)O)CC1. The van der Waals surface area contributed by atoms with Crippen LogP contribution < -0.4 is 10.6 Å². The number of piperidine rings is 1. The van der Waals surface area contributed by atoms with E-state index in [-0.39, 0.29) is 18.5 Å². The topological polar surface area (TPSA) is 81.7 Å². The number of nitrogens with one attached hydrogen (secondary N) is 2. The van der Waals surface area contributed by atoms with Gasteiger partial charge in [-0.1, -0.05) is 0 Å². The van der Waals surface area contributed by atoms with E-state index in [1.165, 1.54) is 0 Å². The van der Waals surface area contributed by atoms with Gasteiger partial charge in [0.1, 0.15) is 0 Å². The number of hydrogen-bond donors (Lipinski definition) is 3. The van der Waals surface area contributed by atoms with Crippen LogP contribution in [-0.4, -0.2) is 53.7 Å². The Bertz CT molecular complexity index is 323. The van der Waals surface area contributed by atoms with Gasteiger partial charge in [0.15, 0.2) is 0 Å². The van der Waals surface area contributed by atoms with Gasteiger partial charge in [-0.2, -0.15) is 0 Å². The molecule has 0 aromatic heterocycles. The lowest BCUT2D eigenvalue weighted by Gasteiger charge is -2.31. The van der Waals surface area contributed by atoms with Gasteiger partial charge in [0, 0.05) is 18.0 Å². The zero-order valence-corrected chi connectivity index (χ0v) is 12.0. The Balaban J connectivity index is 2.31. The minimum absolute atomic E-state index is 0.0570. The molecule has 1 rings (SSSR count). The van der Waals surface area contributed by atoms with E-state index in [0.29, 0.717) is 6.42 Å². The molecule has 3 N–H and O–H groups in total. The molecule has 6 nitrogen and oxygen atoms in total. The summed E-state index contributed by atoms with van der Waals surface area (Å²) in [6.07, 6.45) is 2.39. The number of nitrogens with zero attached hydrogens (tertiary/aromatic N) is 1. The summed E-state index contributed by atoms with van der Waals surface area (Å²) in [5.41, 5.74) is -0.506. The number of carbonyl (C=O) groups is 2. The summed E-state index contributed by atoms with van der Waals surface area (Å²) >= 11 is 0. The largest absolute Gasteiger partial charge is 0.481 e.